The number of halogens is 4. The first-order valence-electron chi connectivity index (χ1n) is 5.60. The van der Waals surface area contributed by atoms with E-state index < -0.39 is 29.5 Å². The van der Waals surface area contributed by atoms with Crippen molar-refractivity contribution in [3.8, 4) is 0 Å². The number of aliphatic carboxylic acids is 1. The minimum atomic E-state index is -4.45. The van der Waals surface area contributed by atoms with Crippen molar-refractivity contribution in [3.05, 3.63) is 27.3 Å². The molecule has 1 aliphatic rings. The Hall–Kier alpha value is -1.32. The van der Waals surface area contributed by atoms with Gasteiger partial charge in [0, 0.05) is 16.5 Å². The predicted octanol–water partition coefficient (Wildman–Crippen LogP) is 2.75. The Bertz CT molecular complexity index is 574. The van der Waals surface area contributed by atoms with Gasteiger partial charge in [0.15, 0.2) is 0 Å². The van der Waals surface area contributed by atoms with Gasteiger partial charge < -0.3 is 10.0 Å². The first-order valence-corrected chi connectivity index (χ1v) is 6.68. The molecule has 4 nitrogen and oxygen atoms in total. The standard InChI is InChI=1S/C12H9F3INO3/c13-12(14,15)7-1-2-9(8(16)4-7)17-5-6(11(19)20)3-10(17)18/h1-2,4,6H,3,5H2,(H,19,20). The molecule has 0 spiro atoms. The molecular formula is C12H9F3INO3. The van der Waals surface area contributed by atoms with E-state index in [1.807, 2.05) is 0 Å². The van der Waals surface area contributed by atoms with Crippen LogP contribution >= 0.6 is 22.6 Å². The number of amides is 1. The zero-order valence-electron chi connectivity index (χ0n) is 9.95. The van der Waals surface area contributed by atoms with Gasteiger partial charge in [-0.15, -0.1) is 0 Å². The van der Waals surface area contributed by atoms with E-state index in [2.05, 4.69) is 0 Å². The van der Waals surface area contributed by atoms with Gasteiger partial charge in [0.2, 0.25) is 5.91 Å². The lowest BCUT2D eigenvalue weighted by molar-refractivity contribution is -0.141. The number of carboxylic acids is 1. The van der Waals surface area contributed by atoms with Crippen molar-refractivity contribution >= 4 is 40.2 Å². The summed E-state index contributed by atoms with van der Waals surface area (Å²) < 4.78 is 37.9. The second kappa shape index (κ2) is 5.23. The van der Waals surface area contributed by atoms with Gasteiger partial charge in [-0.25, -0.2) is 0 Å². The molecule has 0 aliphatic carbocycles. The van der Waals surface area contributed by atoms with Crippen molar-refractivity contribution in [2.75, 3.05) is 11.4 Å². The van der Waals surface area contributed by atoms with Crippen LogP contribution in [-0.2, 0) is 15.8 Å². The van der Waals surface area contributed by atoms with Gasteiger partial charge >= 0.3 is 12.1 Å². The lowest BCUT2D eigenvalue weighted by Gasteiger charge is -2.19. The van der Waals surface area contributed by atoms with Crippen LogP contribution in [0.4, 0.5) is 18.9 Å². The summed E-state index contributed by atoms with van der Waals surface area (Å²) in [4.78, 5) is 23.8. The summed E-state index contributed by atoms with van der Waals surface area (Å²) in [5.41, 5.74) is -0.487. The van der Waals surface area contributed by atoms with Crippen molar-refractivity contribution in [2.24, 2.45) is 5.92 Å². The Morgan fingerprint density at radius 3 is 2.50 bits per heavy atom. The van der Waals surface area contributed by atoms with Crippen LogP contribution in [0.1, 0.15) is 12.0 Å². The van der Waals surface area contributed by atoms with Crippen LogP contribution in [0.15, 0.2) is 18.2 Å². The van der Waals surface area contributed by atoms with Crippen molar-refractivity contribution in [2.45, 2.75) is 12.6 Å². The van der Waals surface area contributed by atoms with Gasteiger partial charge in [0.25, 0.3) is 0 Å². The number of carbonyl (C=O) groups excluding carboxylic acids is 1. The smallest absolute Gasteiger partial charge is 0.416 e. The summed E-state index contributed by atoms with van der Waals surface area (Å²) in [5, 5.41) is 8.89. The molecule has 0 radical (unpaired) electrons. The summed E-state index contributed by atoms with van der Waals surface area (Å²) in [6, 6.07) is 3.03. The Labute approximate surface area is 125 Å². The molecule has 1 heterocycles. The molecule has 1 amide bonds. The van der Waals surface area contributed by atoms with E-state index in [1.165, 1.54) is 11.0 Å². The van der Waals surface area contributed by atoms with Crippen LogP contribution in [0.2, 0.25) is 0 Å². The van der Waals surface area contributed by atoms with E-state index in [0.29, 0.717) is 5.69 Å². The number of benzene rings is 1. The topological polar surface area (TPSA) is 57.6 Å². The summed E-state index contributed by atoms with van der Waals surface area (Å²) in [7, 11) is 0. The number of hydrogen-bond donors (Lipinski definition) is 1. The largest absolute Gasteiger partial charge is 0.481 e. The zero-order chi connectivity index (χ0) is 15.1. The first-order chi connectivity index (χ1) is 9.20. The number of rotatable bonds is 2. The third-order valence-corrected chi connectivity index (χ3v) is 3.90. The van der Waals surface area contributed by atoms with Crippen LogP contribution in [0.3, 0.4) is 0 Å². The fraction of sp³-hybridized carbons (Fsp3) is 0.333. The van der Waals surface area contributed by atoms with Crippen LogP contribution in [0, 0.1) is 9.49 Å². The predicted molar refractivity (Wildman–Crippen MR) is 72.3 cm³/mol. The van der Waals surface area contributed by atoms with Crippen molar-refractivity contribution in [1.29, 1.82) is 0 Å². The summed E-state index contributed by atoms with van der Waals surface area (Å²) in [6.07, 6.45) is -4.58. The molecule has 0 bridgehead atoms. The van der Waals surface area contributed by atoms with Gasteiger partial charge in [-0.3, -0.25) is 9.59 Å². The third kappa shape index (κ3) is 2.89. The Kier molecular flexibility index (Phi) is 3.94. The Morgan fingerprint density at radius 1 is 1.40 bits per heavy atom. The van der Waals surface area contributed by atoms with Gasteiger partial charge in [0.1, 0.15) is 0 Å². The SMILES string of the molecule is O=C(O)C1CC(=O)N(c2ccc(C(F)(F)F)cc2I)C1. The van der Waals surface area contributed by atoms with Crippen molar-refractivity contribution in [1.82, 2.24) is 0 Å². The summed E-state index contributed by atoms with van der Waals surface area (Å²) >= 11 is 1.71. The third-order valence-electron chi connectivity index (χ3n) is 3.04. The second-order valence-electron chi connectivity index (χ2n) is 4.41. The van der Waals surface area contributed by atoms with E-state index in [9.17, 15) is 22.8 Å². The fourth-order valence-electron chi connectivity index (χ4n) is 2.01. The quantitative estimate of drug-likeness (QED) is 0.779. The van der Waals surface area contributed by atoms with Gasteiger partial charge in [0.05, 0.1) is 17.2 Å². The van der Waals surface area contributed by atoms with E-state index in [1.54, 1.807) is 22.6 Å². The highest BCUT2D eigenvalue weighted by atomic mass is 127. The van der Waals surface area contributed by atoms with Crippen LogP contribution in [-0.4, -0.2) is 23.5 Å². The number of anilines is 1. The maximum absolute atomic E-state index is 12.6. The number of carboxylic acid groups (broad SMARTS) is 1. The number of nitrogens with zero attached hydrogens (tertiary/aromatic N) is 1. The Balaban J connectivity index is 2.31. The van der Waals surface area contributed by atoms with Gasteiger partial charge in [-0.2, -0.15) is 13.2 Å². The monoisotopic (exact) mass is 399 g/mol. The molecule has 20 heavy (non-hydrogen) atoms. The van der Waals surface area contributed by atoms with Crippen LogP contribution in [0.25, 0.3) is 0 Å². The van der Waals surface area contributed by atoms with Gasteiger partial charge in [-0.05, 0) is 40.8 Å². The molecule has 1 fully saturated rings. The summed E-state index contributed by atoms with van der Waals surface area (Å²) in [5.74, 6) is -2.29. The maximum Gasteiger partial charge on any atom is 0.416 e. The number of carbonyl (C=O) groups is 2. The first kappa shape index (κ1) is 15.1. The van der Waals surface area contributed by atoms with Gasteiger partial charge in [-0.1, -0.05) is 0 Å². The Morgan fingerprint density at radius 2 is 2.05 bits per heavy atom. The van der Waals surface area contributed by atoms with E-state index in [-0.39, 0.29) is 16.5 Å². The molecule has 108 valence electrons. The molecule has 8 heteroatoms. The molecule has 1 saturated heterocycles. The highest BCUT2D eigenvalue weighted by Crippen LogP contribution is 2.35. The molecule has 0 aromatic heterocycles. The lowest BCUT2D eigenvalue weighted by Crippen LogP contribution is -2.26. The fourth-order valence-corrected chi connectivity index (χ4v) is 2.81. The molecular weight excluding hydrogens is 390 g/mol. The van der Waals surface area contributed by atoms with Crippen LogP contribution < -0.4 is 4.90 Å². The average molecular weight is 399 g/mol. The second-order valence-corrected chi connectivity index (χ2v) is 5.57. The molecule has 1 unspecified atom stereocenters. The molecule has 1 aliphatic heterocycles. The highest BCUT2D eigenvalue weighted by molar-refractivity contribution is 14.1. The zero-order valence-corrected chi connectivity index (χ0v) is 12.1. The normalized spacial score (nSPS) is 19.5. The molecule has 1 aromatic rings. The molecule has 1 atom stereocenters. The van der Waals surface area contributed by atoms with Crippen LogP contribution in [0.5, 0.6) is 0 Å². The maximum atomic E-state index is 12.6. The van der Waals surface area contributed by atoms with Crippen molar-refractivity contribution in [3.63, 3.8) is 0 Å². The van der Waals surface area contributed by atoms with E-state index in [0.717, 1.165) is 12.1 Å². The minimum Gasteiger partial charge on any atom is -0.481 e. The number of alkyl halides is 3. The van der Waals surface area contributed by atoms with E-state index in [4.69, 9.17) is 5.11 Å². The molecule has 0 saturated carbocycles. The minimum absolute atomic E-state index is 0.0183. The molecule has 1 aromatic carbocycles. The summed E-state index contributed by atoms with van der Waals surface area (Å²) in [6.45, 7) is -0.0183. The average Bonchev–Trinajstić information content (AvgIpc) is 2.70. The van der Waals surface area contributed by atoms with Crippen molar-refractivity contribution < 1.29 is 27.9 Å². The number of hydrogen-bond acceptors (Lipinski definition) is 2. The molecule has 2 rings (SSSR count). The molecule has 1 N–H and O–H groups in total. The lowest BCUT2D eigenvalue weighted by atomic mass is 10.1. The van der Waals surface area contributed by atoms with E-state index >= 15 is 0 Å². The highest BCUT2D eigenvalue weighted by Gasteiger charge is 2.37.